The maximum Gasteiger partial charge on any atom is 0.217 e. The quantitative estimate of drug-likeness (QED) is 0.474. The molecule has 0 saturated heterocycles. The van der Waals surface area contributed by atoms with Crippen molar-refractivity contribution in [2.45, 2.75) is 45.9 Å². The monoisotopic (exact) mass is 165 g/mol. The molecule has 0 rings (SSSR count). The predicted molar refractivity (Wildman–Crippen MR) is 45.1 cm³/mol. The fourth-order valence-electron chi connectivity index (χ4n) is 0.750. The number of nitrogens with zero attached hydrogens (tertiary/aromatic N) is 1. The van der Waals surface area contributed by atoms with Crippen molar-refractivity contribution >= 4 is 0 Å². The minimum Gasteiger partial charge on any atom is -0.264 e. The van der Waals surface area contributed by atoms with Crippen LogP contribution in [-0.4, -0.2) is 10.5 Å². The summed E-state index contributed by atoms with van der Waals surface area (Å²) in [6.07, 6.45) is -0.824. The molecule has 0 bridgehead atoms. The summed E-state index contributed by atoms with van der Waals surface area (Å²) in [5, 5.41) is 10.7. The molecule has 0 heterocycles. The molecular weight excluding hydrogens is 142 g/mol. The van der Waals surface area contributed by atoms with E-state index in [4.69, 9.17) is 8.22 Å². The van der Waals surface area contributed by atoms with E-state index in [0.717, 1.165) is 0 Å². The van der Waals surface area contributed by atoms with Gasteiger partial charge in [-0.2, -0.15) is 0 Å². The van der Waals surface area contributed by atoms with E-state index in [0.29, 0.717) is 0 Å². The third-order valence-corrected chi connectivity index (χ3v) is 1.49. The molecular formula is C8H17NO2. The summed E-state index contributed by atoms with van der Waals surface area (Å²) >= 11 is 0. The molecule has 0 spiro atoms. The van der Waals surface area contributed by atoms with Crippen LogP contribution in [0.15, 0.2) is 0 Å². The van der Waals surface area contributed by atoms with Crippen LogP contribution < -0.4 is 0 Å². The average Bonchev–Trinajstić information content (AvgIpc) is 1.97. The minimum atomic E-state index is -2.50. The highest BCUT2D eigenvalue weighted by molar-refractivity contribution is 4.69. The zero-order valence-corrected chi connectivity index (χ0v) is 6.76. The number of hydrogen-bond donors (Lipinski definition) is 0. The third-order valence-electron chi connectivity index (χ3n) is 1.49. The Hall–Kier alpha value is -0.600. The Morgan fingerprint density at radius 1 is 1.73 bits per heavy atom. The molecule has 3 nitrogen and oxygen atoms in total. The summed E-state index contributed by atoms with van der Waals surface area (Å²) in [5.74, 6) is -1.20. The van der Waals surface area contributed by atoms with Crippen molar-refractivity contribution in [1.82, 2.24) is 0 Å². The molecule has 0 N–H and O–H groups in total. The Balaban J connectivity index is 4.92. The van der Waals surface area contributed by atoms with E-state index in [2.05, 4.69) is 0 Å². The summed E-state index contributed by atoms with van der Waals surface area (Å²) in [6.45, 7) is -2.30. The summed E-state index contributed by atoms with van der Waals surface area (Å²) in [4.78, 5) is 10.2. The molecule has 0 aliphatic rings. The lowest BCUT2D eigenvalue weighted by Crippen LogP contribution is -2.32. The van der Waals surface area contributed by atoms with Crippen molar-refractivity contribution in [2.24, 2.45) is 5.92 Å². The van der Waals surface area contributed by atoms with E-state index in [1.165, 1.54) is 13.8 Å². The van der Waals surface area contributed by atoms with Crippen molar-refractivity contribution < 1.29 is 13.1 Å². The van der Waals surface area contributed by atoms with Crippen LogP contribution in [-0.2, 0) is 0 Å². The minimum absolute atomic E-state index is 0.283. The number of hydrogen-bond acceptors (Lipinski definition) is 2. The van der Waals surface area contributed by atoms with E-state index < -0.39 is 36.5 Å². The second-order valence-corrected chi connectivity index (χ2v) is 3.17. The topological polar surface area (TPSA) is 43.1 Å². The van der Waals surface area contributed by atoms with E-state index in [9.17, 15) is 10.1 Å². The number of rotatable bonds is 4. The average molecular weight is 165 g/mol. The van der Waals surface area contributed by atoms with Gasteiger partial charge in [0.05, 0.1) is 0 Å². The van der Waals surface area contributed by atoms with Gasteiger partial charge in [0.2, 0.25) is 5.54 Å². The fraction of sp³-hybridized carbons (Fsp3) is 1.00. The lowest BCUT2D eigenvalue weighted by atomic mass is 9.91. The molecule has 0 radical (unpaired) electrons. The molecule has 0 amide bonds. The summed E-state index contributed by atoms with van der Waals surface area (Å²) < 4.78 is 43.0. The largest absolute Gasteiger partial charge is 0.264 e. The van der Waals surface area contributed by atoms with E-state index in [1.807, 2.05) is 0 Å². The maximum atomic E-state index is 10.7. The van der Waals surface area contributed by atoms with Crippen LogP contribution >= 0.6 is 0 Å². The first-order valence-electron chi connectivity index (χ1n) is 6.40. The Morgan fingerprint density at radius 2 is 2.36 bits per heavy atom. The van der Waals surface area contributed by atoms with Crippen LogP contribution in [0.4, 0.5) is 0 Å². The van der Waals surface area contributed by atoms with Crippen LogP contribution in [0.25, 0.3) is 0 Å². The lowest BCUT2D eigenvalue weighted by Gasteiger charge is -2.18. The highest BCUT2D eigenvalue weighted by Crippen LogP contribution is 2.20. The van der Waals surface area contributed by atoms with Gasteiger partial charge in [0.1, 0.15) is 0 Å². The SMILES string of the molecule is [2H]C([2H])([2H])C[C@@H](CC(C)(C)[N+](=O)[O-])C([2H])([2H])[2H]. The Morgan fingerprint density at radius 3 is 2.73 bits per heavy atom. The van der Waals surface area contributed by atoms with E-state index in [1.54, 1.807) is 0 Å². The Bertz CT molecular complexity index is 283. The molecule has 0 fully saturated rings. The van der Waals surface area contributed by atoms with Gasteiger partial charge in [-0.25, -0.2) is 0 Å². The molecule has 0 aromatic heterocycles. The van der Waals surface area contributed by atoms with Gasteiger partial charge in [0.15, 0.2) is 0 Å². The van der Waals surface area contributed by atoms with Gasteiger partial charge in [0.25, 0.3) is 0 Å². The van der Waals surface area contributed by atoms with Gasteiger partial charge >= 0.3 is 0 Å². The molecule has 0 aliphatic heterocycles. The molecule has 0 aliphatic carbocycles. The first kappa shape index (κ1) is 3.87. The highest BCUT2D eigenvalue weighted by Gasteiger charge is 2.31. The lowest BCUT2D eigenvalue weighted by molar-refractivity contribution is -0.562. The number of nitro groups is 1. The van der Waals surface area contributed by atoms with Crippen molar-refractivity contribution in [1.29, 1.82) is 0 Å². The molecule has 66 valence electrons. The van der Waals surface area contributed by atoms with Crippen LogP contribution in [0.5, 0.6) is 0 Å². The van der Waals surface area contributed by atoms with Crippen LogP contribution in [0.1, 0.15) is 48.6 Å². The molecule has 0 aromatic rings. The van der Waals surface area contributed by atoms with Crippen molar-refractivity contribution in [3.05, 3.63) is 10.1 Å². The fourth-order valence-corrected chi connectivity index (χ4v) is 0.750. The molecule has 0 unspecified atom stereocenters. The standard InChI is InChI=1S/C8H17NO2/c1-5-7(2)6-8(3,4)9(10)11/h7H,5-6H2,1-4H3/t7-/m0/s1/i1D3,2D3. The second-order valence-electron chi connectivity index (χ2n) is 3.17. The first-order valence-corrected chi connectivity index (χ1v) is 3.40. The van der Waals surface area contributed by atoms with Gasteiger partial charge in [-0.05, 0) is 5.92 Å². The normalized spacial score (nSPS) is 24.9. The Labute approximate surface area is 76.4 Å². The van der Waals surface area contributed by atoms with Gasteiger partial charge < -0.3 is 0 Å². The third kappa shape index (κ3) is 3.35. The van der Waals surface area contributed by atoms with Gasteiger partial charge in [-0.15, -0.1) is 0 Å². The summed E-state index contributed by atoms with van der Waals surface area (Å²) in [6, 6.07) is 0. The molecule has 0 aromatic carbocycles. The zero-order chi connectivity index (χ0) is 14.1. The zero-order valence-electron chi connectivity index (χ0n) is 12.8. The van der Waals surface area contributed by atoms with Crippen LogP contribution in [0.2, 0.25) is 0 Å². The van der Waals surface area contributed by atoms with Crippen molar-refractivity contribution in [3.63, 3.8) is 0 Å². The van der Waals surface area contributed by atoms with E-state index >= 15 is 0 Å². The van der Waals surface area contributed by atoms with Crippen molar-refractivity contribution in [2.75, 3.05) is 0 Å². The van der Waals surface area contributed by atoms with E-state index in [-0.39, 0.29) is 6.42 Å². The molecule has 11 heavy (non-hydrogen) atoms. The Kier molecular flexibility index (Phi) is 1.30. The van der Waals surface area contributed by atoms with Crippen LogP contribution in [0.3, 0.4) is 0 Å². The van der Waals surface area contributed by atoms with Crippen LogP contribution in [0, 0.1) is 16.0 Å². The maximum absolute atomic E-state index is 10.7. The first-order chi connectivity index (χ1) is 7.26. The highest BCUT2D eigenvalue weighted by atomic mass is 16.6. The molecule has 3 heteroatoms. The summed E-state index contributed by atoms with van der Waals surface area (Å²) in [7, 11) is 0. The molecule has 1 atom stereocenters. The second kappa shape index (κ2) is 3.69. The van der Waals surface area contributed by atoms with Gasteiger partial charge in [-0.1, -0.05) is 20.1 Å². The predicted octanol–water partition coefficient (Wildman–Crippen LogP) is 2.48. The summed E-state index contributed by atoms with van der Waals surface area (Å²) in [5.41, 5.74) is -1.44. The van der Waals surface area contributed by atoms with Gasteiger partial charge in [-0.3, -0.25) is 10.1 Å². The van der Waals surface area contributed by atoms with Crippen molar-refractivity contribution in [3.8, 4) is 0 Å². The molecule has 0 saturated carbocycles. The van der Waals surface area contributed by atoms with Gasteiger partial charge in [0, 0.05) is 33.4 Å². The smallest absolute Gasteiger partial charge is 0.217 e.